The van der Waals surface area contributed by atoms with E-state index in [0.29, 0.717) is 12.1 Å². The quantitative estimate of drug-likeness (QED) is 0.758. The number of rotatable bonds is 4. The average molecular weight is 365 g/mol. The van der Waals surface area contributed by atoms with Crippen LogP contribution in [0.25, 0.3) is 6.08 Å². The van der Waals surface area contributed by atoms with Crippen molar-refractivity contribution in [3.63, 3.8) is 0 Å². The predicted octanol–water partition coefficient (Wildman–Crippen LogP) is 3.79. The first kappa shape index (κ1) is 17.2. The Kier molecular flexibility index (Phi) is 6.21. The van der Waals surface area contributed by atoms with Crippen molar-refractivity contribution in [1.29, 1.82) is 0 Å². The Hall–Kier alpha value is -1.13. The highest BCUT2D eigenvalue weighted by atomic mass is 79.9. The van der Waals surface area contributed by atoms with Crippen LogP contribution in [-0.2, 0) is 4.79 Å². The molecule has 1 aromatic carbocycles. The number of piperidine rings is 1. The third-order valence-corrected chi connectivity index (χ3v) is 4.94. The Labute approximate surface area is 142 Å². The van der Waals surface area contributed by atoms with Crippen LogP contribution in [0, 0.1) is 0 Å². The van der Waals surface area contributed by atoms with E-state index in [1.807, 2.05) is 42.3 Å². The summed E-state index contributed by atoms with van der Waals surface area (Å²) in [6.07, 6.45) is 5.69. The van der Waals surface area contributed by atoms with Gasteiger partial charge in [-0.25, -0.2) is 0 Å². The van der Waals surface area contributed by atoms with Gasteiger partial charge in [-0.05, 0) is 50.5 Å². The first-order chi connectivity index (χ1) is 10.5. The molecule has 1 aliphatic heterocycles. The Morgan fingerprint density at radius 2 is 1.86 bits per heavy atom. The molecule has 120 valence electrons. The van der Waals surface area contributed by atoms with Gasteiger partial charge < -0.3 is 9.80 Å². The molecule has 1 aromatic rings. The maximum Gasteiger partial charge on any atom is 0.246 e. The van der Waals surface area contributed by atoms with Crippen LogP contribution in [-0.4, -0.2) is 47.9 Å². The summed E-state index contributed by atoms with van der Waals surface area (Å²) in [6.45, 7) is 6.62. The van der Waals surface area contributed by atoms with Crippen LogP contribution in [0.2, 0.25) is 0 Å². The summed E-state index contributed by atoms with van der Waals surface area (Å²) in [5.74, 6) is 0.0888. The van der Waals surface area contributed by atoms with Gasteiger partial charge >= 0.3 is 0 Å². The fraction of sp³-hybridized carbons (Fsp3) is 0.500. The molecular weight excluding hydrogens is 340 g/mol. The van der Waals surface area contributed by atoms with Crippen molar-refractivity contribution in [3.05, 3.63) is 40.4 Å². The van der Waals surface area contributed by atoms with Crippen molar-refractivity contribution in [2.75, 3.05) is 20.1 Å². The van der Waals surface area contributed by atoms with E-state index < -0.39 is 0 Å². The maximum absolute atomic E-state index is 12.3. The smallest absolute Gasteiger partial charge is 0.246 e. The van der Waals surface area contributed by atoms with Crippen molar-refractivity contribution in [2.24, 2.45) is 0 Å². The number of halogens is 1. The lowest BCUT2D eigenvalue weighted by Crippen LogP contribution is -2.47. The molecule has 0 aliphatic carbocycles. The van der Waals surface area contributed by atoms with E-state index >= 15 is 0 Å². The molecule has 0 bridgehead atoms. The van der Waals surface area contributed by atoms with Gasteiger partial charge in [0.15, 0.2) is 0 Å². The van der Waals surface area contributed by atoms with Gasteiger partial charge in [-0.1, -0.05) is 28.1 Å². The first-order valence-electron chi connectivity index (χ1n) is 7.92. The molecule has 0 radical (unpaired) electrons. The van der Waals surface area contributed by atoms with Gasteiger partial charge in [-0.2, -0.15) is 0 Å². The van der Waals surface area contributed by atoms with Gasteiger partial charge in [0.05, 0.1) is 0 Å². The fourth-order valence-corrected chi connectivity index (χ4v) is 3.09. The summed E-state index contributed by atoms with van der Waals surface area (Å²) < 4.78 is 1.05. The highest BCUT2D eigenvalue weighted by molar-refractivity contribution is 9.10. The summed E-state index contributed by atoms with van der Waals surface area (Å²) in [4.78, 5) is 16.7. The van der Waals surface area contributed by atoms with Crippen molar-refractivity contribution in [2.45, 2.75) is 38.8 Å². The van der Waals surface area contributed by atoms with Crippen molar-refractivity contribution in [3.8, 4) is 0 Å². The Bertz CT molecular complexity index is 516. The number of likely N-dealkylation sites (tertiary alicyclic amines) is 1. The fourth-order valence-electron chi connectivity index (χ4n) is 2.83. The van der Waals surface area contributed by atoms with Crippen LogP contribution in [0.15, 0.2) is 34.8 Å². The predicted molar refractivity (Wildman–Crippen MR) is 95.7 cm³/mol. The van der Waals surface area contributed by atoms with Crippen LogP contribution in [0.3, 0.4) is 0 Å². The molecule has 0 atom stereocenters. The summed E-state index contributed by atoms with van der Waals surface area (Å²) in [7, 11) is 1.92. The summed E-state index contributed by atoms with van der Waals surface area (Å²) >= 11 is 3.41. The number of benzene rings is 1. The van der Waals surface area contributed by atoms with E-state index in [1.165, 1.54) is 0 Å². The number of nitrogens with zero attached hydrogens (tertiary/aromatic N) is 2. The molecule has 2 rings (SSSR count). The molecule has 1 amide bonds. The van der Waals surface area contributed by atoms with Crippen LogP contribution in [0.5, 0.6) is 0 Å². The monoisotopic (exact) mass is 364 g/mol. The zero-order valence-electron chi connectivity index (χ0n) is 13.6. The Balaban J connectivity index is 1.88. The molecule has 0 unspecified atom stereocenters. The van der Waals surface area contributed by atoms with Gasteiger partial charge in [0.2, 0.25) is 5.91 Å². The minimum atomic E-state index is 0.0888. The van der Waals surface area contributed by atoms with Gasteiger partial charge in [-0.3, -0.25) is 4.79 Å². The van der Waals surface area contributed by atoms with E-state index in [9.17, 15) is 4.79 Å². The molecule has 1 aliphatic rings. The molecule has 0 N–H and O–H groups in total. The molecule has 0 saturated carbocycles. The van der Waals surface area contributed by atoms with E-state index in [-0.39, 0.29) is 5.91 Å². The lowest BCUT2D eigenvalue weighted by Gasteiger charge is -2.38. The number of hydrogen-bond acceptors (Lipinski definition) is 2. The molecule has 1 saturated heterocycles. The van der Waals surface area contributed by atoms with Crippen LogP contribution in [0.1, 0.15) is 32.3 Å². The number of amides is 1. The third-order valence-electron chi connectivity index (χ3n) is 4.41. The number of carbonyl (C=O) groups excluding carboxylic acids is 1. The van der Waals surface area contributed by atoms with E-state index in [1.54, 1.807) is 6.08 Å². The average Bonchev–Trinajstić information content (AvgIpc) is 2.53. The first-order valence-corrected chi connectivity index (χ1v) is 8.71. The second kappa shape index (κ2) is 7.93. The lowest BCUT2D eigenvalue weighted by atomic mass is 10.0. The van der Waals surface area contributed by atoms with E-state index in [0.717, 1.165) is 36.0 Å². The number of hydrogen-bond donors (Lipinski definition) is 0. The summed E-state index contributed by atoms with van der Waals surface area (Å²) in [5, 5.41) is 0. The highest BCUT2D eigenvalue weighted by Gasteiger charge is 2.25. The normalized spacial score (nSPS) is 17.3. The maximum atomic E-state index is 12.3. The van der Waals surface area contributed by atoms with Crippen LogP contribution in [0.4, 0.5) is 0 Å². The summed E-state index contributed by atoms with van der Waals surface area (Å²) in [5.41, 5.74) is 1.04. The molecule has 1 heterocycles. The summed E-state index contributed by atoms with van der Waals surface area (Å²) in [6, 6.07) is 8.91. The molecule has 0 aromatic heterocycles. The van der Waals surface area contributed by atoms with Crippen LogP contribution < -0.4 is 0 Å². The molecule has 3 nitrogen and oxygen atoms in total. The second-order valence-corrected chi connectivity index (χ2v) is 7.11. The largest absolute Gasteiger partial charge is 0.339 e. The van der Waals surface area contributed by atoms with Crippen molar-refractivity contribution < 1.29 is 4.79 Å². The molecular formula is C18H25BrN2O. The van der Waals surface area contributed by atoms with E-state index in [2.05, 4.69) is 34.7 Å². The van der Waals surface area contributed by atoms with Crippen LogP contribution >= 0.6 is 15.9 Å². The minimum Gasteiger partial charge on any atom is -0.339 e. The topological polar surface area (TPSA) is 23.6 Å². The van der Waals surface area contributed by atoms with Gasteiger partial charge in [0.1, 0.15) is 0 Å². The zero-order valence-corrected chi connectivity index (χ0v) is 15.2. The number of carbonyl (C=O) groups is 1. The van der Waals surface area contributed by atoms with Crippen molar-refractivity contribution in [1.82, 2.24) is 9.80 Å². The lowest BCUT2D eigenvalue weighted by molar-refractivity contribution is -0.127. The standard InChI is InChI=1S/C18H25BrN2O/c1-14(2)21-12-10-17(11-13-21)20(3)18(22)9-6-15-4-7-16(19)8-5-15/h4-9,14,17H,10-13H2,1-3H3/b9-6-. The van der Waals surface area contributed by atoms with Gasteiger partial charge in [0, 0.05) is 42.8 Å². The molecule has 22 heavy (non-hydrogen) atoms. The van der Waals surface area contributed by atoms with Gasteiger partial charge in [0.25, 0.3) is 0 Å². The molecule has 0 spiro atoms. The third kappa shape index (κ3) is 4.68. The SMILES string of the molecule is CC(C)N1CCC(N(C)C(=O)/C=C\c2ccc(Br)cc2)CC1. The minimum absolute atomic E-state index is 0.0888. The Morgan fingerprint density at radius 3 is 2.41 bits per heavy atom. The second-order valence-electron chi connectivity index (χ2n) is 6.19. The molecule has 4 heteroatoms. The Morgan fingerprint density at radius 1 is 1.27 bits per heavy atom. The number of likely N-dealkylation sites (N-methyl/N-ethyl adjacent to an activating group) is 1. The molecule has 1 fully saturated rings. The van der Waals surface area contributed by atoms with Crippen molar-refractivity contribution >= 4 is 27.9 Å². The highest BCUT2D eigenvalue weighted by Crippen LogP contribution is 2.18. The van der Waals surface area contributed by atoms with Gasteiger partial charge in [-0.15, -0.1) is 0 Å². The van der Waals surface area contributed by atoms with E-state index in [4.69, 9.17) is 0 Å². The zero-order chi connectivity index (χ0) is 16.1.